The van der Waals surface area contributed by atoms with E-state index in [9.17, 15) is 39.6 Å². The molecule has 6 atom stereocenters. The summed E-state index contributed by atoms with van der Waals surface area (Å²) < 4.78 is 64.2. The molecule has 7 rings (SSSR count). The molecule has 7 aliphatic rings. The zero-order valence-corrected chi connectivity index (χ0v) is 21.3. The van der Waals surface area contributed by atoms with Gasteiger partial charge in [-0.1, -0.05) is 12.2 Å². The number of allylic oxidation sites excluding steroid dienone is 2. The molecule has 4 bridgehead atoms. The van der Waals surface area contributed by atoms with E-state index in [4.69, 9.17) is 4.74 Å². The van der Waals surface area contributed by atoms with E-state index in [0.29, 0.717) is 13.1 Å². The fraction of sp³-hybridized carbons (Fsp3) is 0.773. The van der Waals surface area contributed by atoms with Gasteiger partial charge in [0, 0.05) is 32.2 Å². The van der Waals surface area contributed by atoms with Crippen LogP contribution >= 0.6 is 7.81 Å². The molecule has 0 aromatic carbocycles. The summed E-state index contributed by atoms with van der Waals surface area (Å²) in [4.78, 5) is 44.4. The maximum atomic E-state index is 13.4. The number of amides is 2. The SMILES string of the molecule is COC(=O)[C@H]1C2C=CC(CC2)[C@H]1C(=O)N1CC[C@@H](NC(=O)C2CN3CC[NH+]2CC3)C1.F[P-](F)(F)(F)(F)F. The van der Waals surface area contributed by atoms with E-state index >= 15 is 0 Å². The predicted molar refractivity (Wildman–Crippen MR) is 122 cm³/mol. The topological polar surface area (TPSA) is 83.4 Å². The van der Waals surface area contributed by atoms with Crippen LogP contribution in [0.4, 0.5) is 25.2 Å². The van der Waals surface area contributed by atoms with Crippen molar-refractivity contribution in [2.75, 3.05) is 52.9 Å². The molecule has 2 N–H and O–H groups in total. The third-order valence-electron chi connectivity index (χ3n) is 8.10. The summed E-state index contributed by atoms with van der Waals surface area (Å²) in [5.74, 6) is -0.571. The first-order valence-electron chi connectivity index (χ1n) is 12.5. The van der Waals surface area contributed by atoms with Gasteiger partial charge < -0.3 is 19.9 Å². The molecule has 3 aliphatic carbocycles. The van der Waals surface area contributed by atoms with Gasteiger partial charge in [0.2, 0.25) is 5.91 Å². The van der Waals surface area contributed by atoms with Gasteiger partial charge in [0.25, 0.3) is 5.91 Å². The van der Waals surface area contributed by atoms with Crippen LogP contribution in [0.15, 0.2) is 12.2 Å². The second-order valence-corrected chi connectivity index (χ2v) is 12.5. The van der Waals surface area contributed by atoms with E-state index in [1.165, 1.54) is 12.0 Å². The predicted octanol–water partition coefficient (Wildman–Crippen LogP) is 1.67. The van der Waals surface area contributed by atoms with Crippen LogP contribution in [0.1, 0.15) is 19.3 Å². The molecule has 4 heterocycles. The molecule has 4 saturated heterocycles. The van der Waals surface area contributed by atoms with E-state index in [0.717, 1.165) is 52.0 Å². The Labute approximate surface area is 210 Å². The van der Waals surface area contributed by atoms with Gasteiger partial charge in [-0.15, -0.1) is 0 Å². The number of nitrogens with zero attached hydrogens (tertiary/aromatic N) is 2. The van der Waals surface area contributed by atoms with Gasteiger partial charge in [-0.05, 0) is 31.1 Å². The van der Waals surface area contributed by atoms with Gasteiger partial charge in [-0.3, -0.25) is 19.3 Å². The van der Waals surface area contributed by atoms with Gasteiger partial charge in [0.15, 0.2) is 6.04 Å². The Morgan fingerprint density at radius 3 is 1.95 bits per heavy atom. The van der Waals surface area contributed by atoms with Crippen LogP contribution in [0, 0.1) is 23.7 Å². The molecular weight excluding hydrogens is 529 g/mol. The molecule has 4 aliphatic heterocycles. The number of carbonyl (C=O) groups excluding carboxylic acids is 3. The molecule has 1 saturated carbocycles. The molecule has 8 nitrogen and oxygen atoms in total. The number of hydrogen-bond acceptors (Lipinski definition) is 5. The standard InChI is InChI=1S/C22H32N4O4.F6P/c1-30-22(29)19-15-4-2-14(3-5-15)18(19)21(28)26-7-6-16(12-26)23-20(27)17-13-24-8-10-25(17)11-9-24;1-7(2,3,4,5)6/h2,4,14-19H,3,5-13H2,1H3,(H,23,27);/q;-1/p+1/t14?,15?,16-,17?,18-,19+;/m1./s1. The molecule has 2 amide bonds. The number of halogens is 6. The molecule has 0 radical (unpaired) electrons. The minimum atomic E-state index is -10.7. The average molecular weight is 562 g/mol. The van der Waals surface area contributed by atoms with Crippen LogP contribution in [0.3, 0.4) is 0 Å². The number of quaternary nitrogens is 1. The monoisotopic (exact) mass is 562 g/mol. The Morgan fingerprint density at radius 1 is 0.892 bits per heavy atom. The summed E-state index contributed by atoms with van der Waals surface area (Å²) in [7, 11) is -9.25. The van der Waals surface area contributed by atoms with Crippen molar-refractivity contribution in [3.05, 3.63) is 12.2 Å². The summed E-state index contributed by atoms with van der Waals surface area (Å²) >= 11 is 0. The zero-order valence-electron chi connectivity index (χ0n) is 20.4. The van der Waals surface area contributed by atoms with Gasteiger partial charge in [-0.25, -0.2) is 0 Å². The third kappa shape index (κ3) is 7.35. The first-order valence-corrected chi connectivity index (χ1v) is 14.5. The second kappa shape index (κ2) is 9.37. The molecule has 15 heteroatoms. The van der Waals surface area contributed by atoms with Crippen LogP contribution in [-0.4, -0.2) is 92.6 Å². The van der Waals surface area contributed by atoms with Gasteiger partial charge >= 0.3 is 39.0 Å². The second-order valence-electron chi connectivity index (χ2n) is 10.6. The van der Waals surface area contributed by atoms with Crippen molar-refractivity contribution in [3.8, 4) is 0 Å². The number of rotatable bonds is 4. The minimum absolute atomic E-state index is 0.00500. The first-order chi connectivity index (χ1) is 17.0. The number of piperazine rings is 3. The molecule has 0 aromatic heterocycles. The Balaban J connectivity index is 0.000000405. The van der Waals surface area contributed by atoms with Crippen molar-refractivity contribution in [2.45, 2.75) is 31.3 Å². The third-order valence-corrected chi connectivity index (χ3v) is 8.10. The van der Waals surface area contributed by atoms with Crippen LogP contribution in [-0.2, 0) is 19.1 Å². The van der Waals surface area contributed by atoms with Crippen molar-refractivity contribution in [2.24, 2.45) is 23.7 Å². The van der Waals surface area contributed by atoms with Crippen LogP contribution in [0.25, 0.3) is 0 Å². The number of fused-ring (bicyclic) bond motifs is 5. The van der Waals surface area contributed by atoms with E-state index < -0.39 is 7.81 Å². The molecule has 0 aromatic rings. The van der Waals surface area contributed by atoms with Gasteiger partial charge in [-0.2, -0.15) is 0 Å². The number of carbonyl (C=O) groups is 3. The summed E-state index contributed by atoms with van der Waals surface area (Å²) in [5.41, 5.74) is 0. The van der Waals surface area contributed by atoms with Crippen molar-refractivity contribution in [1.29, 1.82) is 0 Å². The van der Waals surface area contributed by atoms with E-state index in [-0.39, 0.29) is 53.5 Å². The van der Waals surface area contributed by atoms with E-state index in [1.54, 1.807) is 0 Å². The number of methoxy groups -OCH3 is 1. The van der Waals surface area contributed by atoms with Crippen molar-refractivity contribution >= 4 is 25.6 Å². The maximum absolute atomic E-state index is 13.4. The van der Waals surface area contributed by atoms with Crippen molar-refractivity contribution < 1.29 is 49.2 Å². The molecule has 5 fully saturated rings. The Kier molecular flexibility index (Phi) is 7.12. The number of ether oxygens (including phenoxy) is 1. The zero-order chi connectivity index (χ0) is 27.2. The quantitative estimate of drug-likeness (QED) is 0.236. The summed E-state index contributed by atoms with van der Waals surface area (Å²) in [5, 5.41) is 3.21. The average Bonchev–Trinajstić information content (AvgIpc) is 3.30. The van der Waals surface area contributed by atoms with Crippen LogP contribution < -0.4 is 10.2 Å². The summed E-state index contributed by atoms with van der Waals surface area (Å²) in [6.45, 7) is 6.29. The Bertz CT molecular complexity index is 946. The van der Waals surface area contributed by atoms with Crippen LogP contribution in [0.2, 0.25) is 0 Å². The number of nitrogens with one attached hydrogen (secondary N) is 2. The van der Waals surface area contributed by atoms with Gasteiger partial charge in [0.05, 0.1) is 38.6 Å². The summed E-state index contributed by atoms with van der Waals surface area (Å²) in [6.07, 6.45) is 6.90. The normalized spacial score (nSPS) is 38.2. The molecule has 37 heavy (non-hydrogen) atoms. The summed E-state index contributed by atoms with van der Waals surface area (Å²) in [6, 6.07) is 0.0190. The Hall–Kier alpha value is -1.92. The fourth-order valence-electron chi connectivity index (χ4n) is 6.41. The number of hydrogen-bond donors (Lipinski definition) is 2. The van der Waals surface area contributed by atoms with E-state index in [2.05, 4.69) is 22.4 Å². The molecule has 212 valence electrons. The Morgan fingerprint density at radius 2 is 1.46 bits per heavy atom. The fourth-order valence-corrected chi connectivity index (χ4v) is 6.41. The molecule has 3 unspecified atom stereocenters. The van der Waals surface area contributed by atoms with Gasteiger partial charge in [0.1, 0.15) is 0 Å². The van der Waals surface area contributed by atoms with Crippen LogP contribution in [0.5, 0.6) is 0 Å². The van der Waals surface area contributed by atoms with E-state index in [1.807, 2.05) is 4.90 Å². The molecular formula is C22H33F6N4O4P. The molecule has 0 spiro atoms. The number of likely N-dealkylation sites (tertiary alicyclic amines) is 1. The number of esters is 1. The van der Waals surface area contributed by atoms with Crippen molar-refractivity contribution in [1.82, 2.24) is 15.1 Å². The first kappa shape index (κ1) is 28.1. The van der Waals surface area contributed by atoms with Crippen molar-refractivity contribution in [3.63, 3.8) is 0 Å².